The molecule has 1 amide bonds. The topological polar surface area (TPSA) is 67.2 Å². The number of amides is 1. The fourth-order valence-electron chi connectivity index (χ4n) is 2.73. The maximum absolute atomic E-state index is 12.2. The van der Waals surface area contributed by atoms with E-state index in [1.165, 1.54) is 22.9 Å². The Morgan fingerprint density at radius 3 is 2.25 bits per heavy atom. The maximum atomic E-state index is 12.2. The first kappa shape index (κ1) is 20.2. The molecule has 0 atom stereocenters. The molecule has 3 aromatic rings. The van der Waals surface area contributed by atoms with Gasteiger partial charge in [0.1, 0.15) is 0 Å². The van der Waals surface area contributed by atoms with Crippen molar-refractivity contribution in [3.05, 3.63) is 82.7 Å². The molecule has 146 valence electrons. The third kappa shape index (κ3) is 5.71. The van der Waals surface area contributed by atoms with Crippen LogP contribution in [0.3, 0.4) is 0 Å². The molecule has 0 fully saturated rings. The quantitative estimate of drug-likeness (QED) is 0.573. The van der Waals surface area contributed by atoms with Gasteiger partial charge in [-0.25, -0.2) is 4.98 Å². The highest BCUT2D eigenvalue weighted by Gasteiger charge is 2.11. The molecule has 0 spiro atoms. The summed E-state index contributed by atoms with van der Waals surface area (Å²) >= 11 is 1.38. The van der Waals surface area contributed by atoms with Crippen LogP contribution in [-0.2, 0) is 24.5 Å². The van der Waals surface area contributed by atoms with Crippen LogP contribution in [0, 0.1) is 13.8 Å². The minimum Gasteiger partial charge on any atom is -0.390 e. The lowest BCUT2D eigenvalue weighted by atomic mass is 10.1. The molecule has 2 aromatic carbocycles. The predicted molar refractivity (Wildman–Crippen MR) is 112 cm³/mol. The Kier molecular flexibility index (Phi) is 6.90. The summed E-state index contributed by atoms with van der Waals surface area (Å²) < 4.78 is 1.98. The summed E-state index contributed by atoms with van der Waals surface area (Å²) in [6.07, 6.45) is 1.84. The van der Waals surface area contributed by atoms with E-state index in [4.69, 9.17) is 0 Å². The zero-order valence-corrected chi connectivity index (χ0v) is 17.0. The van der Waals surface area contributed by atoms with Gasteiger partial charge in [-0.3, -0.25) is 4.79 Å². The molecule has 28 heavy (non-hydrogen) atoms. The molecule has 0 unspecified atom stereocenters. The molecular weight excluding hydrogens is 370 g/mol. The van der Waals surface area contributed by atoms with Crippen LogP contribution in [0.15, 0.2) is 59.9 Å². The SMILES string of the molecule is Cc1ccc(CNC(=O)CSc2nc(CO)cn2Cc2ccc(C)cc2)cc1. The van der Waals surface area contributed by atoms with E-state index >= 15 is 0 Å². The Bertz CT molecular complexity index is 918. The number of hydrogen-bond acceptors (Lipinski definition) is 4. The highest BCUT2D eigenvalue weighted by atomic mass is 32.2. The monoisotopic (exact) mass is 395 g/mol. The smallest absolute Gasteiger partial charge is 0.230 e. The van der Waals surface area contributed by atoms with Crippen LogP contribution in [0.5, 0.6) is 0 Å². The largest absolute Gasteiger partial charge is 0.390 e. The first-order valence-electron chi connectivity index (χ1n) is 9.21. The lowest BCUT2D eigenvalue weighted by Crippen LogP contribution is -2.24. The highest BCUT2D eigenvalue weighted by Crippen LogP contribution is 2.19. The number of nitrogens with one attached hydrogen (secondary N) is 1. The van der Waals surface area contributed by atoms with E-state index in [1.54, 1.807) is 0 Å². The van der Waals surface area contributed by atoms with Crippen LogP contribution in [0.25, 0.3) is 0 Å². The average molecular weight is 396 g/mol. The molecule has 2 N–H and O–H groups in total. The van der Waals surface area contributed by atoms with Gasteiger partial charge >= 0.3 is 0 Å². The van der Waals surface area contributed by atoms with E-state index in [9.17, 15) is 9.90 Å². The molecule has 0 radical (unpaired) electrons. The van der Waals surface area contributed by atoms with Gasteiger partial charge in [-0.2, -0.15) is 0 Å². The number of aliphatic hydroxyl groups is 1. The van der Waals surface area contributed by atoms with Crippen LogP contribution in [-0.4, -0.2) is 26.3 Å². The minimum atomic E-state index is -0.117. The number of aryl methyl sites for hydroxylation is 2. The zero-order valence-electron chi connectivity index (χ0n) is 16.2. The second-order valence-corrected chi connectivity index (χ2v) is 7.78. The van der Waals surface area contributed by atoms with E-state index in [2.05, 4.69) is 41.5 Å². The number of aliphatic hydroxyl groups excluding tert-OH is 1. The van der Waals surface area contributed by atoms with Gasteiger partial charge in [0.2, 0.25) is 5.91 Å². The first-order valence-corrected chi connectivity index (χ1v) is 10.2. The number of nitrogens with zero attached hydrogens (tertiary/aromatic N) is 2. The summed E-state index contributed by atoms with van der Waals surface area (Å²) in [6, 6.07) is 16.4. The van der Waals surface area contributed by atoms with E-state index < -0.39 is 0 Å². The summed E-state index contributed by atoms with van der Waals surface area (Å²) in [7, 11) is 0. The molecule has 5 nitrogen and oxygen atoms in total. The van der Waals surface area contributed by atoms with Crippen LogP contribution in [0.4, 0.5) is 0 Å². The minimum absolute atomic E-state index is 0.0407. The van der Waals surface area contributed by atoms with Gasteiger partial charge in [0.05, 0.1) is 18.1 Å². The number of rotatable bonds is 8. The van der Waals surface area contributed by atoms with Crippen molar-refractivity contribution in [3.8, 4) is 0 Å². The average Bonchev–Trinajstić information content (AvgIpc) is 3.09. The summed E-state index contributed by atoms with van der Waals surface area (Å²) in [4.78, 5) is 16.7. The molecule has 1 aromatic heterocycles. The van der Waals surface area contributed by atoms with Crippen LogP contribution in [0.2, 0.25) is 0 Å². The Morgan fingerprint density at radius 1 is 1.04 bits per heavy atom. The molecule has 1 heterocycles. The number of carbonyl (C=O) groups is 1. The number of aromatic nitrogens is 2. The number of carbonyl (C=O) groups excluding carboxylic acids is 1. The summed E-state index contributed by atoms with van der Waals surface area (Å²) in [6.45, 7) is 5.15. The number of imidazole rings is 1. The van der Waals surface area contributed by atoms with Gasteiger partial charge in [0, 0.05) is 19.3 Å². The fourth-order valence-corrected chi connectivity index (χ4v) is 3.56. The van der Waals surface area contributed by atoms with Crippen LogP contribution in [0.1, 0.15) is 27.9 Å². The molecule has 0 saturated heterocycles. The third-order valence-corrected chi connectivity index (χ3v) is 5.36. The van der Waals surface area contributed by atoms with Gasteiger partial charge in [-0.1, -0.05) is 71.4 Å². The molecule has 0 aliphatic carbocycles. The molecule has 0 aliphatic heterocycles. The Balaban J connectivity index is 1.58. The van der Waals surface area contributed by atoms with Crippen molar-refractivity contribution in [3.63, 3.8) is 0 Å². The third-order valence-electron chi connectivity index (χ3n) is 4.37. The summed E-state index contributed by atoms with van der Waals surface area (Å²) in [5.74, 6) is 0.239. The molecule has 0 bridgehead atoms. The molecule has 0 saturated carbocycles. The zero-order chi connectivity index (χ0) is 19.9. The molecule has 3 rings (SSSR count). The van der Waals surface area contributed by atoms with Gasteiger partial charge in [-0.05, 0) is 25.0 Å². The summed E-state index contributed by atoms with van der Waals surface area (Å²) in [5.41, 5.74) is 5.25. The Hall–Kier alpha value is -2.57. The van der Waals surface area contributed by atoms with Gasteiger partial charge in [-0.15, -0.1) is 0 Å². The van der Waals surface area contributed by atoms with E-state index in [0.29, 0.717) is 18.8 Å². The van der Waals surface area contributed by atoms with E-state index in [1.807, 2.05) is 42.0 Å². The van der Waals surface area contributed by atoms with Crippen molar-refractivity contribution < 1.29 is 9.90 Å². The summed E-state index contributed by atoms with van der Waals surface area (Å²) in [5, 5.41) is 13.1. The number of benzene rings is 2. The second kappa shape index (κ2) is 9.57. The Labute approximate surface area is 169 Å². The lowest BCUT2D eigenvalue weighted by molar-refractivity contribution is -0.118. The van der Waals surface area contributed by atoms with Crippen molar-refractivity contribution in [2.75, 3.05) is 5.75 Å². The van der Waals surface area contributed by atoms with Crippen LogP contribution >= 0.6 is 11.8 Å². The highest BCUT2D eigenvalue weighted by molar-refractivity contribution is 7.99. The second-order valence-electron chi connectivity index (χ2n) is 6.84. The van der Waals surface area contributed by atoms with Crippen molar-refractivity contribution in [1.82, 2.24) is 14.9 Å². The van der Waals surface area contributed by atoms with Crippen molar-refractivity contribution in [2.45, 2.75) is 38.7 Å². The molecule has 6 heteroatoms. The van der Waals surface area contributed by atoms with Gasteiger partial charge in [0.15, 0.2) is 5.16 Å². The predicted octanol–water partition coefficient (Wildman–Crippen LogP) is 3.45. The fraction of sp³-hybridized carbons (Fsp3) is 0.273. The maximum Gasteiger partial charge on any atom is 0.230 e. The van der Waals surface area contributed by atoms with Crippen molar-refractivity contribution in [1.29, 1.82) is 0 Å². The van der Waals surface area contributed by atoms with Gasteiger partial charge < -0.3 is 15.0 Å². The Morgan fingerprint density at radius 2 is 1.64 bits per heavy atom. The van der Waals surface area contributed by atoms with E-state index in [0.717, 1.165) is 16.3 Å². The van der Waals surface area contributed by atoms with Crippen molar-refractivity contribution in [2.24, 2.45) is 0 Å². The molecular formula is C22H25N3O2S. The normalized spacial score (nSPS) is 10.8. The van der Waals surface area contributed by atoms with Crippen molar-refractivity contribution >= 4 is 17.7 Å². The number of hydrogen-bond donors (Lipinski definition) is 2. The van der Waals surface area contributed by atoms with E-state index in [-0.39, 0.29) is 18.3 Å². The molecule has 0 aliphatic rings. The van der Waals surface area contributed by atoms with Crippen LogP contribution < -0.4 is 5.32 Å². The number of thioether (sulfide) groups is 1. The first-order chi connectivity index (χ1) is 13.5. The lowest BCUT2D eigenvalue weighted by Gasteiger charge is -2.09. The standard InChI is InChI=1S/C22H25N3O2S/c1-16-3-7-18(8-4-16)11-23-21(27)15-28-22-24-20(14-26)13-25(22)12-19-9-5-17(2)6-10-19/h3-10,13,26H,11-12,14-15H2,1-2H3,(H,23,27). The van der Waals surface area contributed by atoms with Gasteiger partial charge in [0.25, 0.3) is 0 Å².